The van der Waals surface area contributed by atoms with Crippen molar-refractivity contribution in [2.24, 2.45) is 7.05 Å². The molecular weight excluding hydrogens is 282 g/mol. The molecule has 2 amide bonds. The van der Waals surface area contributed by atoms with Crippen LogP contribution in [-0.4, -0.2) is 29.5 Å². The Kier molecular flexibility index (Phi) is 5.19. The monoisotopic (exact) mass is 301 g/mol. The number of ether oxygens (including phenoxy) is 1. The van der Waals surface area contributed by atoms with E-state index in [-0.39, 0.29) is 18.4 Å². The van der Waals surface area contributed by atoms with Crippen molar-refractivity contribution >= 4 is 17.5 Å². The summed E-state index contributed by atoms with van der Waals surface area (Å²) in [6, 6.07) is 10.4. The van der Waals surface area contributed by atoms with E-state index in [0.29, 0.717) is 23.7 Å². The van der Waals surface area contributed by atoms with Gasteiger partial charge in [0, 0.05) is 25.5 Å². The molecule has 0 spiro atoms. The smallest absolute Gasteiger partial charge is 0.272 e. The second kappa shape index (κ2) is 7.31. The number of anilines is 1. The molecule has 2 N–H and O–H groups in total. The van der Waals surface area contributed by atoms with E-state index in [0.717, 1.165) is 0 Å². The van der Waals surface area contributed by atoms with Crippen LogP contribution >= 0.6 is 0 Å². The van der Waals surface area contributed by atoms with Gasteiger partial charge < -0.3 is 19.9 Å². The van der Waals surface area contributed by atoms with Crippen LogP contribution in [0.15, 0.2) is 42.6 Å². The third kappa shape index (κ3) is 4.12. The van der Waals surface area contributed by atoms with E-state index in [1.54, 1.807) is 34.9 Å². The molecule has 2 rings (SSSR count). The molecule has 0 fully saturated rings. The zero-order chi connectivity index (χ0) is 15.9. The van der Waals surface area contributed by atoms with Crippen molar-refractivity contribution in [3.05, 3.63) is 48.3 Å². The molecule has 2 aromatic rings. The van der Waals surface area contributed by atoms with Crippen molar-refractivity contribution in [3.63, 3.8) is 0 Å². The number of aromatic nitrogens is 1. The number of likely N-dealkylation sites (N-methyl/N-ethyl adjacent to an activating group) is 1. The first-order chi connectivity index (χ1) is 10.6. The van der Waals surface area contributed by atoms with Crippen LogP contribution in [0.2, 0.25) is 0 Å². The largest absolute Gasteiger partial charge is 0.484 e. The standard InChI is InChI=1S/C16H19N3O3/c1-3-17-15(20)11-22-13-8-6-12(7-9-13)18-16(21)14-5-4-10-19(14)2/h4-10H,3,11H2,1-2H3,(H,17,20)(H,18,21). The predicted octanol–water partition coefficient (Wildman–Crippen LogP) is 1.79. The molecule has 0 aliphatic rings. The number of hydrogen-bond donors (Lipinski definition) is 2. The van der Waals surface area contributed by atoms with Crippen LogP contribution in [0.3, 0.4) is 0 Å². The highest BCUT2D eigenvalue weighted by Crippen LogP contribution is 2.16. The lowest BCUT2D eigenvalue weighted by atomic mass is 10.3. The van der Waals surface area contributed by atoms with E-state index >= 15 is 0 Å². The zero-order valence-electron chi connectivity index (χ0n) is 12.6. The van der Waals surface area contributed by atoms with Gasteiger partial charge in [-0.05, 0) is 43.3 Å². The Balaban J connectivity index is 1.90. The van der Waals surface area contributed by atoms with Gasteiger partial charge in [-0.2, -0.15) is 0 Å². The highest BCUT2D eigenvalue weighted by atomic mass is 16.5. The lowest BCUT2D eigenvalue weighted by Gasteiger charge is -2.08. The maximum absolute atomic E-state index is 12.1. The van der Waals surface area contributed by atoms with Crippen LogP contribution in [0.25, 0.3) is 0 Å². The lowest BCUT2D eigenvalue weighted by Crippen LogP contribution is -2.28. The number of nitrogens with zero attached hydrogens (tertiary/aromatic N) is 1. The first-order valence-electron chi connectivity index (χ1n) is 7.02. The Morgan fingerprint density at radius 1 is 1.18 bits per heavy atom. The molecule has 0 aliphatic heterocycles. The second-order valence-electron chi connectivity index (χ2n) is 4.73. The van der Waals surface area contributed by atoms with Crippen LogP contribution in [0.4, 0.5) is 5.69 Å². The van der Waals surface area contributed by atoms with Crippen molar-refractivity contribution in [1.82, 2.24) is 9.88 Å². The Hall–Kier alpha value is -2.76. The van der Waals surface area contributed by atoms with Gasteiger partial charge in [0.1, 0.15) is 11.4 Å². The fraction of sp³-hybridized carbons (Fsp3) is 0.250. The molecule has 116 valence electrons. The predicted molar refractivity (Wildman–Crippen MR) is 84.0 cm³/mol. The molecular formula is C16H19N3O3. The number of amides is 2. The molecule has 0 aliphatic carbocycles. The third-order valence-corrected chi connectivity index (χ3v) is 3.03. The van der Waals surface area contributed by atoms with Crippen LogP contribution in [0, 0.1) is 0 Å². The Labute approximate surface area is 129 Å². The average Bonchev–Trinajstić information content (AvgIpc) is 2.93. The van der Waals surface area contributed by atoms with Gasteiger partial charge in [-0.3, -0.25) is 9.59 Å². The highest BCUT2D eigenvalue weighted by Gasteiger charge is 2.09. The molecule has 22 heavy (non-hydrogen) atoms. The molecule has 0 saturated heterocycles. The molecule has 0 unspecified atom stereocenters. The summed E-state index contributed by atoms with van der Waals surface area (Å²) in [4.78, 5) is 23.3. The van der Waals surface area contributed by atoms with Crippen LogP contribution in [0.5, 0.6) is 5.75 Å². The molecule has 6 heteroatoms. The van der Waals surface area contributed by atoms with E-state index in [1.807, 2.05) is 26.2 Å². The summed E-state index contributed by atoms with van der Waals surface area (Å²) < 4.78 is 7.09. The van der Waals surface area contributed by atoms with Crippen molar-refractivity contribution in [2.45, 2.75) is 6.92 Å². The molecule has 0 atom stereocenters. The van der Waals surface area contributed by atoms with Crippen LogP contribution < -0.4 is 15.4 Å². The minimum absolute atomic E-state index is 0.0249. The SMILES string of the molecule is CCNC(=O)COc1ccc(NC(=O)c2cccn2C)cc1. The zero-order valence-corrected chi connectivity index (χ0v) is 12.6. The summed E-state index contributed by atoms with van der Waals surface area (Å²) in [5.74, 6) is 0.232. The van der Waals surface area contributed by atoms with Crippen LogP contribution in [0.1, 0.15) is 17.4 Å². The highest BCUT2D eigenvalue weighted by molar-refractivity contribution is 6.03. The molecule has 0 radical (unpaired) electrons. The van der Waals surface area contributed by atoms with E-state index < -0.39 is 0 Å². The Morgan fingerprint density at radius 2 is 1.91 bits per heavy atom. The minimum Gasteiger partial charge on any atom is -0.484 e. The van der Waals surface area contributed by atoms with Crippen molar-refractivity contribution in [2.75, 3.05) is 18.5 Å². The van der Waals surface area contributed by atoms with Crippen molar-refractivity contribution in [1.29, 1.82) is 0 Å². The molecule has 0 saturated carbocycles. The Morgan fingerprint density at radius 3 is 2.50 bits per heavy atom. The van der Waals surface area contributed by atoms with Crippen molar-refractivity contribution in [3.8, 4) is 5.75 Å². The molecule has 6 nitrogen and oxygen atoms in total. The summed E-state index contributed by atoms with van der Waals surface area (Å²) >= 11 is 0. The third-order valence-electron chi connectivity index (χ3n) is 3.03. The van der Waals surface area contributed by atoms with Gasteiger partial charge in [0.2, 0.25) is 0 Å². The summed E-state index contributed by atoms with van der Waals surface area (Å²) in [5.41, 5.74) is 1.24. The number of nitrogens with one attached hydrogen (secondary N) is 2. The summed E-state index contributed by atoms with van der Waals surface area (Å²) in [6.45, 7) is 2.40. The summed E-state index contributed by atoms with van der Waals surface area (Å²) in [5, 5.41) is 5.45. The van der Waals surface area contributed by atoms with Gasteiger partial charge in [0.15, 0.2) is 6.61 Å². The maximum atomic E-state index is 12.1. The second-order valence-corrected chi connectivity index (χ2v) is 4.73. The molecule has 1 aromatic heterocycles. The normalized spacial score (nSPS) is 10.1. The first kappa shape index (κ1) is 15.6. The molecule has 1 aromatic carbocycles. The van der Waals surface area contributed by atoms with E-state index in [9.17, 15) is 9.59 Å². The first-order valence-corrected chi connectivity index (χ1v) is 7.02. The van der Waals surface area contributed by atoms with Gasteiger partial charge in [0.25, 0.3) is 11.8 Å². The lowest BCUT2D eigenvalue weighted by molar-refractivity contribution is -0.122. The number of benzene rings is 1. The number of carbonyl (C=O) groups excluding carboxylic acids is 2. The van der Waals surface area contributed by atoms with E-state index in [4.69, 9.17) is 4.74 Å². The van der Waals surface area contributed by atoms with E-state index in [2.05, 4.69) is 10.6 Å². The molecule has 0 bridgehead atoms. The Bertz CT molecular complexity index is 647. The fourth-order valence-corrected chi connectivity index (χ4v) is 1.92. The van der Waals surface area contributed by atoms with Gasteiger partial charge in [-0.25, -0.2) is 0 Å². The van der Waals surface area contributed by atoms with Gasteiger partial charge in [-0.15, -0.1) is 0 Å². The topological polar surface area (TPSA) is 72.4 Å². The van der Waals surface area contributed by atoms with E-state index in [1.165, 1.54) is 0 Å². The number of rotatable bonds is 6. The fourth-order valence-electron chi connectivity index (χ4n) is 1.92. The van der Waals surface area contributed by atoms with Gasteiger partial charge in [0.05, 0.1) is 0 Å². The maximum Gasteiger partial charge on any atom is 0.272 e. The quantitative estimate of drug-likeness (QED) is 0.854. The average molecular weight is 301 g/mol. The van der Waals surface area contributed by atoms with Crippen molar-refractivity contribution < 1.29 is 14.3 Å². The molecule has 1 heterocycles. The van der Waals surface area contributed by atoms with Gasteiger partial charge >= 0.3 is 0 Å². The minimum atomic E-state index is -0.177. The number of carbonyl (C=O) groups is 2. The number of hydrogen-bond acceptors (Lipinski definition) is 3. The number of aryl methyl sites for hydroxylation is 1. The summed E-state index contributed by atoms with van der Waals surface area (Å²) in [7, 11) is 1.81. The van der Waals surface area contributed by atoms with Crippen LogP contribution in [-0.2, 0) is 11.8 Å². The summed E-state index contributed by atoms with van der Waals surface area (Å²) in [6.07, 6.45) is 1.81. The van der Waals surface area contributed by atoms with Gasteiger partial charge in [-0.1, -0.05) is 0 Å².